The van der Waals surface area contributed by atoms with Gasteiger partial charge in [-0.25, -0.2) is 0 Å². The second-order valence-corrected chi connectivity index (χ2v) is 7.97. The van der Waals surface area contributed by atoms with Gasteiger partial charge in [0.2, 0.25) is 17.7 Å². The van der Waals surface area contributed by atoms with E-state index in [9.17, 15) is 19.5 Å². The molecule has 0 unspecified atom stereocenters. The van der Waals surface area contributed by atoms with Crippen molar-refractivity contribution in [2.45, 2.75) is 31.8 Å². The first-order valence-corrected chi connectivity index (χ1v) is 10.8. The van der Waals surface area contributed by atoms with Gasteiger partial charge in [-0.2, -0.15) is 5.21 Å². The van der Waals surface area contributed by atoms with Crippen molar-refractivity contribution in [3.8, 4) is 5.75 Å². The van der Waals surface area contributed by atoms with E-state index in [-0.39, 0.29) is 24.5 Å². The zero-order valence-corrected chi connectivity index (χ0v) is 18.8. The highest BCUT2D eigenvalue weighted by atomic mass is 16.3. The van der Waals surface area contributed by atoms with Crippen molar-refractivity contribution in [1.82, 2.24) is 36.2 Å². The second-order valence-electron chi connectivity index (χ2n) is 7.97. The van der Waals surface area contributed by atoms with Crippen LogP contribution < -0.4 is 16.0 Å². The lowest BCUT2D eigenvalue weighted by atomic mass is 10.0. The molecule has 4 aromatic rings. The first kappa shape index (κ1) is 23.4. The lowest BCUT2D eigenvalue weighted by Crippen LogP contribution is -2.53. The number of tetrazole rings is 1. The number of carbonyl (C=O) groups is 3. The van der Waals surface area contributed by atoms with Crippen molar-refractivity contribution in [1.29, 1.82) is 0 Å². The highest BCUT2D eigenvalue weighted by molar-refractivity contribution is 5.98. The van der Waals surface area contributed by atoms with Crippen LogP contribution in [0.25, 0.3) is 10.9 Å². The Kier molecular flexibility index (Phi) is 7.00. The van der Waals surface area contributed by atoms with Crippen molar-refractivity contribution >= 4 is 34.6 Å². The topological polar surface area (TPSA) is 178 Å². The number of aromatic nitrogens is 5. The van der Waals surface area contributed by atoms with Gasteiger partial charge < -0.3 is 20.7 Å². The predicted octanol–water partition coefficient (Wildman–Crippen LogP) is 0.800. The Labute approximate surface area is 199 Å². The zero-order valence-electron chi connectivity index (χ0n) is 18.8. The van der Waals surface area contributed by atoms with Gasteiger partial charge >= 0.3 is 0 Å². The van der Waals surface area contributed by atoms with Crippen molar-refractivity contribution in [2.75, 3.05) is 5.32 Å². The molecule has 4 rings (SSSR count). The van der Waals surface area contributed by atoms with Gasteiger partial charge in [-0.1, -0.05) is 35.4 Å². The van der Waals surface area contributed by atoms with E-state index in [0.29, 0.717) is 0 Å². The van der Waals surface area contributed by atoms with Crippen LogP contribution in [0.5, 0.6) is 5.75 Å². The molecule has 12 heteroatoms. The smallest absolute Gasteiger partial charge is 0.269 e. The molecule has 0 aliphatic heterocycles. The molecule has 0 saturated heterocycles. The molecule has 2 heterocycles. The summed E-state index contributed by atoms with van der Waals surface area (Å²) in [6, 6.07) is 12.0. The standard InChI is InChI=1S/C23H24N8O4/c1-13(32)25-19(10-14-6-8-16(33)9-7-14)21(34)26-20(22(35)27-23-28-30-31-29-23)11-15-12-24-18-5-3-2-4-17(15)18/h2-9,12,19-20,24,33H,10-11H2,1H3,(H,25,32)(H,26,34)(H2,27,28,29,30,31,35)/t19-,20-/m0/s1. The summed E-state index contributed by atoms with van der Waals surface area (Å²) in [5.41, 5.74) is 2.44. The van der Waals surface area contributed by atoms with Gasteiger partial charge in [0, 0.05) is 36.9 Å². The van der Waals surface area contributed by atoms with Crippen LogP contribution in [0.2, 0.25) is 0 Å². The highest BCUT2D eigenvalue weighted by Crippen LogP contribution is 2.20. The molecule has 0 bridgehead atoms. The van der Waals surface area contributed by atoms with Crippen molar-refractivity contribution in [3.05, 3.63) is 65.9 Å². The van der Waals surface area contributed by atoms with Crippen LogP contribution in [0, 0.1) is 0 Å². The number of nitrogens with one attached hydrogen (secondary N) is 5. The fourth-order valence-corrected chi connectivity index (χ4v) is 3.74. The summed E-state index contributed by atoms with van der Waals surface area (Å²) in [4.78, 5) is 41.3. The minimum Gasteiger partial charge on any atom is -0.508 e. The van der Waals surface area contributed by atoms with Crippen molar-refractivity contribution in [3.63, 3.8) is 0 Å². The summed E-state index contributed by atoms with van der Waals surface area (Å²) in [5, 5.41) is 31.5. The minimum atomic E-state index is -1.00. The Morgan fingerprint density at radius 2 is 1.71 bits per heavy atom. The fraction of sp³-hybridized carbons (Fsp3) is 0.217. The van der Waals surface area contributed by atoms with Gasteiger partial charge in [0.15, 0.2) is 0 Å². The zero-order chi connectivity index (χ0) is 24.8. The molecule has 0 saturated carbocycles. The quantitative estimate of drug-likeness (QED) is 0.207. The van der Waals surface area contributed by atoms with E-state index in [2.05, 4.69) is 41.6 Å². The Bertz CT molecular complexity index is 1320. The Balaban J connectivity index is 1.56. The van der Waals surface area contributed by atoms with Gasteiger partial charge in [-0.05, 0) is 34.5 Å². The maximum atomic E-state index is 13.2. The number of anilines is 1. The lowest BCUT2D eigenvalue weighted by molar-refractivity contribution is -0.130. The number of rotatable bonds is 9. The van der Waals surface area contributed by atoms with Crippen LogP contribution >= 0.6 is 0 Å². The van der Waals surface area contributed by atoms with Crippen LogP contribution in [0.15, 0.2) is 54.7 Å². The minimum absolute atomic E-state index is 0.0318. The van der Waals surface area contributed by atoms with E-state index in [1.807, 2.05) is 24.3 Å². The van der Waals surface area contributed by atoms with Gasteiger partial charge in [0.05, 0.1) is 0 Å². The van der Waals surface area contributed by atoms with Gasteiger partial charge in [0.25, 0.3) is 5.95 Å². The molecule has 35 heavy (non-hydrogen) atoms. The van der Waals surface area contributed by atoms with Gasteiger partial charge in [-0.15, -0.1) is 5.10 Å². The summed E-state index contributed by atoms with van der Waals surface area (Å²) in [5.74, 6) is -1.42. The van der Waals surface area contributed by atoms with Gasteiger partial charge in [-0.3, -0.25) is 19.7 Å². The van der Waals surface area contributed by atoms with E-state index in [1.54, 1.807) is 18.3 Å². The summed E-state index contributed by atoms with van der Waals surface area (Å²) in [7, 11) is 0. The first-order chi connectivity index (χ1) is 16.9. The van der Waals surface area contributed by atoms with E-state index >= 15 is 0 Å². The molecule has 2 aromatic carbocycles. The third-order valence-electron chi connectivity index (χ3n) is 5.38. The number of phenolic OH excluding ortho intramolecular Hbond substituents is 1. The molecule has 0 fully saturated rings. The van der Waals surface area contributed by atoms with E-state index in [0.717, 1.165) is 22.0 Å². The molecule has 0 aliphatic rings. The number of fused-ring (bicyclic) bond motifs is 1. The molecular weight excluding hydrogens is 452 g/mol. The summed E-state index contributed by atoms with van der Waals surface area (Å²) in [6.45, 7) is 1.31. The largest absolute Gasteiger partial charge is 0.508 e. The third kappa shape index (κ3) is 5.99. The van der Waals surface area contributed by atoms with E-state index in [1.165, 1.54) is 19.1 Å². The Morgan fingerprint density at radius 3 is 2.43 bits per heavy atom. The molecule has 3 amide bonds. The molecule has 180 valence electrons. The van der Waals surface area contributed by atoms with Crippen LogP contribution in [-0.2, 0) is 27.2 Å². The Hall–Kier alpha value is -4.74. The molecule has 2 atom stereocenters. The molecule has 2 aromatic heterocycles. The molecular formula is C23H24N8O4. The Morgan fingerprint density at radius 1 is 0.971 bits per heavy atom. The number of aromatic hydroxyl groups is 1. The summed E-state index contributed by atoms with van der Waals surface area (Å²) >= 11 is 0. The van der Waals surface area contributed by atoms with Crippen molar-refractivity contribution in [2.24, 2.45) is 0 Å². The first-order valence-electron chi connectivity index (χ1n) is 10.8. The number of amides is 3. The van der Waals surface area contributed by atoms with Crippen molar-refractivity contribution < 1.29 is 19.5 Å². The molecule has 0 radical (unpaired) electrons. The average Bonchev–Trinajstić information content (AvgIpc) is 3.49. The van der Waals surface area contributed by atoms with Crippen LogP contribution in [0.4, 0.5) is 5.95 Å². The lowest BCUT2D eigenvalue weighted by Gasteiger charge is -2.22. The monoisotopic (exact) mass is 476 g/mol. The molecule has 0 spiro atoms. The second kappa shape index (κ2) is 10.5. The average molecular weight is 476 g/mol. The predicted molar refractivity (Wildman–Crippen MR) is 126 cm³/mol. The highest BCUT2D eigenvalue weighted by Gasteiger charge is 2.28. The third-order valence-corrected chi connectivity index (χ3v) is 5.38. The number of aromatic amines is 2. The number of benzene rings is 2. The number of para-hydroxylation sites is 1. The van der Waals surface area contributed by atoms with Crippen LogP contribution in [0.1, 0.15) is 18.1 Å². The number of hydrogen-bond donors (Lipinski definition) is 6. The normalized spacial score (nSPS) is 12.6. The van der Waals surface area contributed by atoms with E-state index < -0.39 is 29.8 Å². The molecule has 12 nitrogen and oxygen atoms in total. The molecule has 6 N–H and O–H groups in total. The fourth-order valence-electron chi connectivity index (χ4n) is 3.74. The van der Waals surface area contributed by atoms with Gasteiger partial charge in [0.1, 0.15) is 17.8 Å². The maximum absolute atomic E-state index is 13.2. The van der Waals surface area contributed by atoms with Crippen LogP contribution in [-0.4, -0.2) is 60.5 Å². The number of phenols is 1. The summed E-state index contributed by atoms with van der Waals surface area (Å²) in [6.07, 6.45) is 2.12. The maximum Gasteiger partial charge on any atom is 0.269 e. The molecule has 0 aliphatic carbocycles. The number of carbonyl (C=O) groups excluding carboxylic acids is 3. The van der Waals surface area contributed by atoms with E-state index in [4.69, 9.17) is 0 Å². The van der Waals surface area contributed by atoms with Crippen LogP contribution in [0.3, 0.4) is 0 Å². The number of hydrogen-bond acceptors (Lipinski definition) is 7. The number of H-pyrrole nitrogens is 2. The number of nitrogens with zero attached hydrogens (tertiary/aromatic N) is 3. The SMILES string of the molecule is CC(=O)N[C@@H](Cc1ccc(O)cc1)C(=O)N[C@@H](Cc1c[nH]c2ccccc12)C(=O)Nc1nn[nH]n1. The summed E-state index contributed by atoms with van der Waals surface area (Å²) < 4.78 is 0.